The van der Waals surface area contributed by atoms with Crippen molar-refractivity contribution in [2.75, 3.05) is 26.2 Å². The van der Waals surface area contributed by atoms with Crippen molar-refractivity contribution in [3.8, 4) is 0 Å². The highest BCUT2D eigenvalue weighted by atomic mass is 19.4. The van der Waals surface area contributed by atoms with Crippen molar-refractivity contribution in [1.29, 1.82) is 0 Å². The fourth-order valence-electron chi connectivity index (χ4n) is 3.55. The zero-order valence-corrected chi connectivity index (χ0v) is 15.1. The van der Waals surface area contributed by atoms with Crippen LogP contribution in [0.1, 0.15) is 37.6 Å². The van der Waals surface area contributed by atoms with Crippen molar-refractivity contribution in [3.05, 3.63) is 17.5 Å². The SMILES string of the molecule is Cc1cc(C(F)(F)F)n(C[C@@H](C)CNC(=O)N2CCC3(CCO3)CC2)n1. The predicted octanol–water partition coefficient (Wildman–Crippen LogP) is 2.81. The van der Waals surface area contributed by atoms with Crippen LogP contribution in [0.3, 0.4) is 0 Å². The molecule has 3 heterocycles. The van der Waals surface area contributed by atoms with Gasteiger partial charge >= 0.3 is 12.2 Å². The summed E-state index contributed by atoms with van der Waals surface area (Å²) in [6, 6.07) is 0.871. The molecule has 146 valence electrons. The van der Waals surface area contributed by atoms with Crippen molar-refractivity contribution in [3.63, 3.8) is 0 Å². The highest BCUT2D eigenvalue weighted by Crippen LogP contribution is 2.36. The van der Waals surface area contributed by atoms with E-state index in [-0.39, 0.29) is 24.1 Å². The average molecular weight is 374 g/mol. The number of urea groups is 1. The molecule has 26 heavy (non-hydrogen) atoms. The van der Waals surface area contributed by atoms with Gasteiger partial charge in [0.1, 0.15) is 5.69 Å². The van der Waals surface area contributed by atoms with Crippen molar-refractivity contribution in [1.82, 2.24) is 20.0 Å². The summed E-state index contributed by atoms with van der Waals surface area (Å²) in [5.41, 5.74) is -0.445. The first-order chi connectivity index (χ1) is 12.2. The number of aryl methyl sites for hydroxylation is 1. The number of carbonyl (C=O) groups excluding carboxylic acids is 1. The molecule has 9 heteroatoms. The Labute approximate surface area is 150 Å². The first-order valence-electron chi connectivity index (χ1n) is 8.97. The van der Waals surface area contributed by atoms with E-state index < -0.39 is 11.9 Å². The lowest BCUT2D eigenvalue weighted by atomic mass is 9.84. The number of nitrogens with zero attached hydrogens (tertiary/aromatic N) is 3. The molecule has 3 rings (SSSR count). The number of hydrogen-bond donors (Lipinski definition) is 1. The normalized spacial score (nSPS) is 20.7. The third kappa shape index (κ3) is 4.13. The summed E-state index contributed by atoms with van der Waals surface area (Å²) >= 11 is 0. The van der Waals surface area contributed by atoms with Gasteiger partial charge in [0.25, 0.3) is 0 Å². The van der Waals surface area contributed by atoms with E-state index in [9.17, 15) is 18.0 Å². The number of rotatable bonds is 4. The summed E-state index contributed by atoms with van der Waals surface area (Å²) in [6.07, 6.45) is -1.68. The van der Waals surface area contributed by atoms with Gasteiger partial charge in [-0.25, -0.2) is 4.79 Å². The van der Waals surface area contributed by atoms with E-state index in [1.54, 1.807) is 11.8 Å². The summed E-state index contributed by atoms with van der Waals surface area (Å²) < 4.78 is 45.7. The number of nitrogens with one attached hydrogen (secondary N) is 1. The van der Waals surface area contributed by atoms with Crippen LogP contribution in [0, 0.1) is 12.8 Å². The lowest BCUT2D eigenvalue weighted by Crippen LogP contribution is -2.55. The Kier molecular flexibility index (Phi) is 5.18. The minimum atomic E-state index is -4.43. The van der Waals surface area contributed by atoms with Crippen molar-refractivity contribution in [2.24, 2.45) is 5.92 Å². The highest BCUT2D eigenvalue weighted by molar-refractivity contribution is 5.74. The average Bonchev–Trinajstić information content (AvgIpc) is 2.92. The maximum Gasteiger partial charge on any atom is 0.433 e. The highest BCUT2D eigenvalue weighted by Gasteiger charge is 2.42. The van der Waals surface area contributed by atoms with Gasteiger partial charge in [0, 0.05) is 26.2 Å². The van der Waals surface area contributed by atoms with Gasteiger partial charge in [-0.1, -0.05) is 6.92 Å². The second-order valence-electron chi connectivity index (χ2n) is 7.41. The number of amides is 2. The Morgan fingerprint density at radius 3 is 2.58 bits per heavy atom. The van der Waals surface area contributed by atoms with Crippen LogP contribution in [0.5, 0.6) is 0 Å². The number of hydrogen-bond acceptors (Lipinski definition) is 3. The molecular weight excluding hydrogens is 349 g/mol. The Bertz CT molecular complexity index is 645. The molecule has 0 saturated carbocycles. The fourth-order valence-corrected chi connectivity index (χ4v) is 3.55. The van der Waals surface area contributed by atoms with Crippen LogP contribution in [0.15, 0.2) is 6.07 Å². The van der Waals surface area contributed by atoms with Gasteiger partial charge in [-0.15, -0.1) is 0 Å². The van der Waals surface area contributed by atoms with E-state index in [0.717, 1.165) is 36.6 Å². The lowest BCUT2D eigenvalue weighted by molar-refractivity contribution is -0.169. The summed E-state index contributed by atoms with van der Waals surface area (Å²) in [6.45, 7) is 5.83. The number of ether oxygens (including phenoxy) is 1. The van der Waals surface area contributed by atoms with E-state index >= 15 is 0 Å². The molecule has 2 amide bonds. The van der Waals surface area contributed by atoms with Gasteiger partial charge in [0.15, 0.2) is 0 Å². The Morgan fingerprint density at radius 1 is 1.38 bits per heavy atom. The number of halogens is 3. The van der Waals surface area contributed by atoms with Crippen LogP contribution in [0.2, 0.25) is 0 Å². The third-order valence-corrected chi connectivity index (χ3v) is 5.21. The minimum Gasteiger partial charge on any atom is -0.375 e. The van der Waals surface area contributed by atoms with E-state index in [2.05, 4.69) is 10.4 Å². The van der Waals surface area contributed by atoms with E-state index in [1.165, 1.54) is 6.92 Å². The Hall–Kier alpha value is -1.77. The number of likely N-dealkylation sites (tertiary alicyclic amines) is 1. The summed E-state index contributed by atoms with van der Waals surface area (Å²) in [4.78, 5) is 14.0. The first kappa shape index (κ1) is 19.0. The zero-order valence-electron chi connectivity index (χ0n) is 15.1. The molecule has 2 aliphatic rings. The van der Waals surface area contributed by atoms with E-state index in [0.29, 0.717) is 25.3 Å². The number of aromatic nitrogens is 2. The van der Waals surface area contributed by atoms with Crippen molar-refractivity contribution < 1.29 is 22.7 Å². The number of alkyl halides is 3. The molecule has 0 bridgehead atoms. The molecule has 1 spiro atoms. The topological polar surface area (TPSA) is 59.4 Å². The van der Waals surface area contributed by atoms with Crippen molar-refractivity contribution >= 4 is 6.03 Å². The molecule has 0 radical (unpaired) electrons. The summed E-state index contributed by atoms with van der Waals surface area (Å²) in [5.74, 6) is -0.176. The van der Waals surface area contributed by atoms with Crippen LogP contribution in [0.4, 0.5) is 18.0 Å². The molecule has 0 unspecified atom stereocenters. The quantitative estimate of drug-likeness (QED) is 0.882. The van der Waals surface area contributed by atoms with Crippen LogP contribution in [-0.4, -0.2) is 52.6 Å². The molecule has 2 fully saturated rings. The monoisotopic (exact) mass is 374 g/mol. The standard InChI is InChI=1S/C17H25F3N4O2/c1-12(11-24-14(17(18,19)20)9-13(2)22-24)10-21-15(25)23-6-3-16(4-7-23)5-8-26-16/h9,12H,3-8,10-11H2,1-2H3,(H,21,25)/t12-/m0/s1. The van der Waals surface area contributed by atoms with Gasteiger partial charge in [0.05, 0.1) is 17.9 Å². The lowest BCUT2D eigenvalue weighted by Gasteiger charge is -2.47. The van der Waals surface area contributed by atoms with Crippen LogP contribution >= 0.6 is 0 Å². The van der Waals surface area contributed by atoms with Crippen molar-refractivity contribution in [2.45, 2.75) is 51.4 Å². The first-order valence-corrected chi connectivity index (χ1v) is 8.97. The summed E-state index contributed by atoms with van der Waals surface area (Å²) in [5, 5.41) is 6.75. The zero-order chi connectivity index (χ0) is 18.9. The molecule has 1 aromatic rings. The maximum absolute atomic E-state index is 13.0. The van der Waals surface area contributed by atoms with Crippen LogP contribution < -0.4 is 5.32 Å². The van der Waals surface area contributed by atoms with Gasteiger partial charge in [-0.05, 0) is 38.2 Å². The largest absolute Gasteiger partial charge is 0.433 e. The predicted molar refractivity (Wildman–Crippen MR) is 88.6 cm³/mol. The molecule has 1 aromatic heterocycles. The smallest absolute Gasteiger partial charge is 0.375 e. The Balaban J connectivity index is 1.47. The molecular formula is C17H25F3N4O2. The molecule has 1 atom stereocenters. The van der Waals surface area contributed by atoms with Gasteiger partial charge in [-0.3, -0.25) is 4.68 Å². The molecule has 2 saturated heterocycles. The molecule has 1 N–H and O–H groups in total. The van der Waals surface area contributed by atoms with Gasteiger partial charge in [0.2, 0.25) is 0 Å². The van der Waals surface area contributed by atoms with Gasteiger partial charge < -0.3 is 15.0 Å². The van der Waals surface area contributed by atoms with Crippen LogP contribution in [0.25, 0.3) is 0 Å². The summed E-state index contributed by atoms with van der Waals surface area (Å²) in [7, 11) is 0. The molecule has 2 aliphatic heterocycles. The number of carbonyl (C=O) groups is 1. The van der Waals surface area contributed by atoms with E-state index in [4.69, 9.17) is 4.74 Å². The maximum atomic E-state index is 13.0. The fraction of sp³-hybridized carbons (Fsp3) is 0.765. The molecule has 6 nitrogen and oxygen atoms in total. The Morgan fingerprint density at radius 2 is 2.04 bits per heavy atom. The number of piperidine rings is 1. The third-order valence-electron chi connectivity index (χ3n) is 5.21. The second-order valence-corrected chi connectivity index (χ2v) is 7.41. The van der Waals surface area contributed by atoms with Gasteiger partial charge in [-0.2, -0.15) is 18.3 Å². The molecule has 0 aliphatic carbocycles. The molecule has 0 aromatic carbocycles. The van der Waals surface area contributed by atoms with Crippen LogP contribution in [-0.2, 0) is 17.5 Å². The van der Waals surface area contributed by atoms with E-state index in [1.807, 2.05) is 0 Å². The minimum absolute atomic E-state index is 0.0178. The second kappa shape index (κ2) is 7.09.